The highest BCUT2D eigenvalue weighted by Gasteiger charge is 2.32. The first-order valence-corrected chi connectivity index (χ1v) is 7.35. The fraction of sp³-hybridized carbons (Fsp3) is 0.294. The topological polar surface area (TPSA) is 76.7 Å². The predicted octanol–water partition coefficient (Wildman–Crippen LogP) is 2.44. The number of urea groups is 1. The zero-order valence-corrected chi connectivity index (χ0v) is 13.2. The first-order chi connectivity index (χ1) is 11.1. The van der Waals surface area contributed by atoms with Crippen molar-refractivity contribution < 1.29 is 19.1 Å². The summed E-state index contributed by atoms with van der Waals surface area (Å²) in [5, 5.41) is 5.35. The Morgan fingerprint density at radius 3 is 2.91 bits per heavy atom. The van der Waals surface area contributed by atoms with Gasteiger partial charge in [0.05, 0.1) is 18.2 Å². The first kappa shape index (κ1) is 16.6. The van der Waals surface area contributed by atoms with Crippen molar-refractivity contribution in [3.05, 3.63) is 53.8 Å². The molecular formula is C17H20N2O4. The van der Waals surface area contributed by atoms with E-state index in [1.54, 1.807) is 38.1 Å². The molecule has 0 aromatic heterocycles. The summed E-state index contributed by atoms with van der Waals surface area (Å²) in [5.74, 6) is 0.177. The smallest absolute Gasteiger partial charge is 0.338 e. The second-order valence-electron chi connectivity index (χ2n) is 4.96. The van der Waals surface area contributed by atoms with Crippen LogP contribution in [0.15, 0.2) is 48.2 Å². The maximum atomic E-state index is 12.2. The van der Waals surface area contributed by atoms with Gasteiger partial charge in [0.25, 0.3) is 0 Å². The third kappa shape index (κ3) is 3.91. The van der Waals surface area contributed by atoms with Crippen LogP contribution >= 0.6 is 0 Å². The van der Waals surface area contributed by atoms with Gasteiger partial charge in [0.2, 0.25) is 0 Å². The lowest BCUT2D eigenvalue weighted by Crippen LogP contribution is -2.45. The molecule has 1 aliphatic rings. The van der Waals surface area contributed by atoms with Gasteiger partial charge in [-0.15, -0.1) is 0 Å². The van der Waals surface area contributed by atoms with Crippen LogP contribution in [0, 0.1) is 0 Å². The monoisotopic (exact) mass is 316 g/mol. The van der Waals surface area contributed by atoms with E-state index in [1.165, 1.54) is 0 Å². The first-order valence-electron chi connectivity index (χ1n) is 7.35. The summed E-state index contributed by atoms with van der Waals surface area (Å²) in [6, 6.07) is 6.26. The van der Waals surface area contributed by atoms with Crippen molar-refractivity contribution in [2.45, 2.75) is 19.9 Å². The quantitative estimate of drug-likeness (QED) is 0.624. The zero-order valence-electron chi connectivity index (χ0n) is 13.2. The van der Waals surface area contributed by atoms with Gasteiger partial charge in [-0.3, -0.25) is 0 Å². The summed E-state index contributed by atoms with van der Waals surface area (Å²) >= 11 is 0. The summed E-state index contributed by atoms with van der Waals surface area (Å²) in [6.07, 6.45) is 1.65. The number of benzene rings is 1. The Balaban J connectivity index is 2.37. The number of hydrogen-bond donors (Lipinski definition) is 2. The highest BCUT2D eigenvalue weighted by molar-refractivity contribution is 5.95. The summed E-state index contributed by atoms with van der Waals surface area (Å²) in [5.41, 5.74) is 1.60. The second kappa shape index (κ2) is 7.49. The van der Waals surface area contributed by atoms with Crippen molar-refractivity contribution in [3.63, 3.8) is 0 Å². The Morgan fingerprint density at radius 1 is 1.43 bits per heavy atom. The second-order valence-corrected chi connectivity index (χ2v) is 4.96. The highest BCUT2D eigenvalue weighted by Crippen LogP contribution is 2.29. The Kier molecular flexibility index (Phi) is 5.41. The normalized spacial score (nSPS) is 17.1. The Bertz CT molecular complexity index is 652. The molecule has 2 amide bonds. The van der Waals surface area contributed by atoms with E-state index in [9.17, 15) is 9.59 Å². The number of carbonyl (C=O) groups excluding carboxylic acids is 2. The molecule has 0 aliphatic carbocycles. The van der Waals surface area contributed by atoms with Crippen LogP contribution in [-0.2, 0) is 9.53 Å². The maximum Gasteiger partial charge on any atom is 0.338 e. The van der Waals surface area contributed by atoms with Gasteiger partial charge in [-0.25, -0.2) is 9.59 Å². The summed E-state index contributed by atoms with van der Waals surface area (Å²) < 4.78 is 10.6. The molecule has 0 fully saturated rings. The van der Waals surface area contributed by atoms with E-state index in [2.05, 4.69) is 17.2 Å². The Morgan fingerprint density at radius 2 is 2.22 bits per heavy atom. The third-order valence-corrected chi connectivity index (χ3v) is 3.32. The van der Waals surface area contributed by atoms with Crippen LogP contribution in [-0.4, -0.2) is 25.2 Å². The summed E-state index contributed by atoms with van der Waals surface area (Å²) in [6.45, 7) is 7.66. The Hall–Kier alpha value is -2.76. The van der Waals surface area contributed by atoms with Gasteiger partial charge in [0.15, 0.2) is 0 Å². The van der Waals surface area contributed by atoms with Crippen LogP contribution in [0.4, 0.5) is 4.79 Å². The minimum absolute atomic E-state index is 0.263. The molecule has 0 radical (unpaired) electrons. The largest absolute Gasteiger partial charge is 0.490 e. The molecule has 1 heterocycles. The van der Waals surface area contributed by atoms with E-state index >= 15 is 0 Å². The molecule has 6 nitrogen and oxygen atoms in total. The van der Waals surface area contributed by atoms with Gasteiger partial charge in [-0.05, 0) is 31.5 Å². The fourth-order valence-corrected chi connectivity index (χ4v) is 2.36. The van der Waals surface area contributed by atoms with E-state index in [0.29, 0.717) is 23.6 Å². The molecule has 0 spiro atoms. The van der Waals surface area contributed by atoms with E-state index < -0.39 is 12.0 Å². The minimum atomic E-state index is -0.588. The number of allylic oxidation sites excluding steroid dienone is 1. The Labute approximate surface area is 135 Å². The average molecular weight is 316 g/mol. The van der Waals surface area contributed by atoms with Gasteiger partial charge in [0.1, 0.15) is 12.4 Å². The lowest BCUT2D eigenvalue weighted by atomic mass is 9.95. The molecule has 1 aliphatic heterocycles. The number of amides is 2. The number of carbonyl (C=O) groups is 2. The molecule has 0 saturated carbocycles. The van der Waals surface area contributed by atoms with Crippen molar-refractivity contribution in [1.29, 1.82) is 0 Å². The van der Waals surface area contributed by atoms with Gasteiger partial charge in [-0.2, -0.15) is 0 Å². The van der Waals surface area contributed by atoms with E-state index in [0.717, 1.165) is 5.56 Å². The molecule has 1 aromatic carbocycles. The van der Waals surface area contributed by atoms with E-state index in [1.807, 2.05) is 6.07 Å². The van der Waals surface area contributed by atoms with Gasteiger partial charge < -0.3 is 20.1 Å². The predicted molar refractivity (Wildman–Crippen MR) is 85.9 cm³/mol. The lowest BCUT2D eigenvalue weighted by Gasteiger charge is -2.28. The van der Waals surface area contributed by atoms with E-state index in [-0.39, 0.29) is 12.6 Å². The maximum absolute atomic E-state index is 12.2. The molecular weight excluding hydrogens is 296 g/mol. The molecule has 0 bridgehead atoms. The van der Waals surface area contributed by atoms with Crippen molar-refractivity contribution >= 4 is 12.0 Å². The molecule has 0 unspecified atom stereocenters. The number of ether oxygens (including phenoxy) is 2. The van der Waals surface area contributed by atoms with Crippen molar-refractivity contribution in [1.82, 2.24) is 10.6 Å². The van der Waals surface area contributed by atoms with E-state index in [4.69, 9.17) is 9.47 Å². The molecule has 2 rings (SSSR count). The van der Waals surface area contributed by atoms with Crippen molar-refractivity contribution in [2.75, 3.05) is 13.2 Å². The molecule has 122 valence electrons. The number of rotatable bonds is 6. The van der Waals surface area contributed by atoms with Crippen molar-refractivity contribution in [2.24, 2.45) is 0 Å². The van der Waals surface area contributed by atoms with Crippen LogP contribution in [0.2, 0.25) is 0 Å². The zero-order chi connectivity index (χ0) is 16.8. The van der Waals surface area contributed by atoms with Gasteiger partial charge >= 0.3 is 12.0 Å². The average Bonchev–Trinajstić information content (AvgIpc) is 2.52. The fourth-order valence-electron chi connectivity index (χ4n) is 2.36. The summed E-state index contributed by atoms with van der Waals surface area (Å²) in [4.78, 5) is 24.0. The van der Waals surface area contributed by atoms with Crippen molar-refractivity contribution in [3.8, 4) is 5.75 Å². The van der Waals surface area contributed by atoms with Crippen LogP contribution in [0.25, 0.3) is 0 Å². The third-order valence-electron chi connectivity index (χ3n) is 3.32. The van der Waals surface area contributed by atoms with Crippen LogP contribution in [0.5, 0.6) is 5.75 Å². The lowest BCUT2D eigenvalue weighted by molar-refractivity contribution is -0.139. The number of esters is 1. The SMILES string of the molecule is C=CCOc1cccc([C@H]2NC(=O)NC(C)=C2C(=O)OCC)c1. The standard InChI is InChI=1S/C17H20N2O4/c1-4-9-23-13-8-6-7-12(10-13)15-14(16(20)22-5-2)11(3)18-17(21)19-15/h4,6-8,10,15H,1,5,9H2,2-3H3,(H2,18,19,21)/t15-/m1/s1. The number of nitrogens with one attached hydrogen (secondary N) is 2. The van der Waals surface area contributed by atoms with Gasteiger partial charge in [-0.1, -0.05) is 24.8 Å². The molecule has 1 atom stereocenters. The highest BCUT2D eigenvalue weighted by atomic mass is 16.5. The van der Waals surface area contributed by atoms with Crippen LogP contribution < -0.4 is 15.4 Å². The molecule has 0 saturated heterocycles. The molecule has 1 aromatic rings. The molecule has 2 N–H and O–H groups in total. The minimum Gasteiger partial charge on any atom is -0.490 e. The van der Waals surface area contributed by atoms with Crippen LogP contribution in [0.3, 0.4) is 0 Å². The molecule has 23 heavy (non-hydrogen) atoms. The van der Waals surface area contributed by atoms with Crippen LogP contribution in [0.1, 0.15) is 25.5 Å². The number of hydrogen-bond acceptors (Lipinski definition) is 4. The summed E-state index contributed by atoms with van der Waals surface area (Å²) in [7, 11) is 0. The molecule has 6 heteroatoms. The van der Waals surface area contributed by atoms with Gasteiger partial charge in [0, 0.05) is 5.70 Å².